The van der Waals surface area contributed by atoms with E-state index in [0.29, 0.717) is 5.82 Å². The van der Waals surface area contributed by atoms with E-state index in [9.17, 15) is 0 Å². The molecule has 0 saturated carbocycles. The van der Waals surface area contributed by atoms with Crippen LogP contribution in [0.5, 0.6) is 0 Å². The highest BCUT2D eigenvalue weighted by Gasteiger charge is 2.07. The van der Waals surface area contributed by atoms with Crippen LogP contribution in [-0.4, -0.2) is 7.41 Å². The Kier molecular flexibility index (Phi) is 3.97. The molecule has 8 heavy (non-hydrogen) atoms. The summed E-state index contributed by atoms with van der Waals surface area (Å²) in [5.41, 5.74) is 5.45. The quantitative estimate of drug-likeness (QED) is 0.546. The standard InChI is InChI=1S/C6H16BN/c1-4-5(2)6(3)7-8/h5-7H,4,8H2,1-3H3/t5-,6?/m1/s1. The summed E-state index contributed by atoms with van der Waals surface area (Å²) in [6, 6.07) is 0. The van der Waals surface area contributed by atoms with Crippen molar-refractivity contribution in [2.75, 3.05) is 0 Å². The third kappa shape index (κ3) is 2.36. The zero-order valence-electron chi connectivity index (χ0n) is 6.15. The third-order valence-corrected chi connectivity index (χ3v) is 1.99. The summed E-state index contributed by atoms with van der Waals surface area (Å²) < 4.78 is 0. The molecule has 0 fully saturated rings. The minimum Gasteiger partial charge on any atom is -0.373 e. The lowest BCUT2D eigenvalue weighted by molar-refractivity contribution is 0.539. The van der Waals surface area contributed by atoms with Crippen molar-refractivity contribution in [3.63, 3.8) is 0 Å². The van der Waals surface area contributed by atoms with Crippen LogP contribution in [0.15, 0.2) is 0 Å². The second-order valence-electron chi connectivity index (χ2n) is 2.60. The van der Waals surface area contributed by atoms with E-state index in [1.54, 1.807) is 0 Å². The number of hydrogen-bond donors (Lipinski definition) is 1. The Labute approximate surface area is 52.9 Å². The van der Waals surface area contributed by atoms with Crippen molar-refractivity contribution in [2.45, 2.75) is 33.0 Å². The van der Waals surface area contributed by atoms with Gasteiger partial charge in [0, 0.05) is 0 Å². The highest BCUT2D eigenvalue weighted by Crippen LogP contribution is 2.16. The van der Waals surface area contributed by atoms with E-state index in [1.165, 1.54) is 6.42 Å². The molecule has 0 aromatic carbocycles. The molecule has 0 rings (SSSR count). The lowest BCUT2D eigenvalue weighted by atomic mass is 9.70. The Bertz CT molecular complexity index is 48.5. The van der Waals surface area contributed by atoms with Crippen molar-refractivity contribution in [3.8, 4) is 0 Å². The van der Waals surface area contributed by atoms with E-state index in [1.807, 2.05) is 0 Å². The number of nitrogens with two attached hydrogens (primary N) is 1. The summed E-state index contributed by atoms with van der Waals surface area (Å²) in [6.07, 6.45) is 1.25. The van der Waals surface area contributed by atoms with Gasteiger partial charge < -0.3 is 5.64 Å². The molecule has 0 amide bonds. The normalized spacial score (nSPS) is 17.5. The Morgan fingerprint density at radius 1 is 1.50 bits per heavy atom. The molecule has 0 saturated heterocycles. The van der Waals surface area contributed by atoms with Crippen molar-refractivity contribution in [1.82, 2.24) is 0 Å². The molecule has 0 aromatic heterocycles. The van der Waals surface area contributed by atoms with Gasteiger partial charge in [-0.1, -0.05) is 33.0 Å². The van der Waals surface area contributed by atoms with Crippen LogP contribution < -0.4 is 5.64 Å². The molecule has 0 aliphatic carbocycles. The Balaban J connectivity index is 3.29. The fourth-order valence-electron chi connectivity index (χ4n) is 0.635. The summed E-state index contributed by atoms with van der Waals surface area (Å²) in [6.45, 7) is 6.66. The third-order valence-electron chi connectivity index (χ3n) is 1.99. The van der Waals surface area contributed by atoms with E-state index in [0.717, 1.165) is 13.3 Å². The maximum Gasteiger partial charge on any atom is 0.201 e. The molecule has 48 valence electrons. The fourth-order valence-corrected chi connectivity index (χ4v) is 0.635. The highest BCUT2D eigenvalue weighted by atomic mass is 14.4. The number of rotatable bonds is 3. The molecule has 0 bridgehead atoms. The summed E-state index contributed by atoms with van der Waals surface area (Å²) in [5, 5.41) is 0. The summed E-state index contributed by atoms with van der Waals surface area (Å²) >= 11 is 0. The van der Waals surface area contributed by atoms with Crippen LogP contribution in [-0.2, 0) is 0 Å². The van der Waals surface area contributed by atoms with Gasteiger partial charge in [-0.3, -0.25) is 0 Å². The molecule has 0 spiro atoms. The molecule has 1 nitrogen and oxygen atoms in total. The van der Waals surface area contributed by atoms with E-state index in [4.69, 9.17) is 5.64 Å². The molecule has 2 N–H and O–H groups in total. The minimum atomic E-state index is 0.694. The monoisotopic (exact) mass is 113 g/mol. The van der Waals surface area contributed by atoms with E-state index in [2.05, 4.69) is 20.8 Å². The lowest BCUT2D eigenvalue weighted by Crippen LogP contribution is -2.16. The van der Waals surface area contributed by atoms with Crippen LogP contribution in [0.25, 0.3) is 0 Å². The van der Waals surface area contributed by atoms with Gasteiger partial charge in [0.05, 0.1) is 0 Å². The van der Waals surface area contributed by atoms with Gasteiger partial charge in [0.2, 0.25) is 7.41 Å². The minimum absolute atomic E-state index is 0.694. The first-order valence-electron chi connectivity index (χ1n) is 3.42. The summed E-state index contributed by atoms with van der Waals surface area (Å²) in [4.78, 5) is 0. The van der Waals surface area contributed by atoms with E-state index in [-0.39, 0.29) is 0 Å². The van der Waals surface area contributed by atoms with E-state index < -0.39 is 0 Å². The largest absolute Gasteiger partial charge is 0.373 e. The van der Waals surface area contributed by atoms with Crippen LogP contribution in [0, 0.1) is 5.92 Å². The predicted octanol–water partition coefficient (Wildman–Crippen LogP) is 1.15. The van der Waals surface area contributed by atoms with Crippen molar-refractivity contribution >= 4 is 7.41 Å². The van der Waals surface area contributed by atoms with Gasteiger partial charge in [-0.2, -0.15) is 0 Å². The summed E-state index contributed by atoms with van der Waals surface area (Å²) in [7, 11) is 0.828. The molecule has 1 unspecified atom stereocenters. The van der Waals surface area contributed by atoms with Crippen LogP contribution in [0.2, 0.25) is 5.82 Å². The maximum absolute atomic E-state index is 5.45. The zero-order chi connectivity index (χ0) is 6.57. The Hall–Kier alpha value is 0.0249. The fraction of sp³-hybridized carbons (Fsp3) is 1.00. The first-order chi connectivity index (χ1) is 3.72. The molecule has 2 heteroatoms. The second-order valence-corrected chi connectivity index (χ2v) is 2.60. The van der Waals surface area contributed by atoms with Gasteiger partial charge in [-0.15, -0.1) is 0 Å². The van der Waals surface area contributed by atoms with Crippen molar-refractivity contribution in [3.05, 3.63) is 0 Å². The second kappa shape index (κ2) is 3.96. The smallest absolute Gasteiger partial charge is 0.201 e. The van der Waals surface area contributed by atoms with Crippen molar-refractivity contribution in [1.29, 1.82) is 0 Å². The lowest BCUT2D eigenvalue weighted by Gasteiger charge is -2.13. The SMILES string of the molecule is CC[C@@H](C)C(C)BN. The zero-order valence-corrected chi connectivity index (χ0v) is 6.15. The van der Waals surface area contributed by atoms with Gasteiger partial charge in [0.15, 0.2) is 0 Å². The van der Waals surface area contributed by atoms with Crippen LogP contribution in [0.4, 0.5) is 0 Å². The van der Waals surface area contributed by atoms with Crippen LogP contribution >= 0.6 is 0 Å². The Morgan fingerprint density at radius 2 is 2.00 bits per heavy atom. The van der Waals surface area contributed by atoms with Gasteiger partial charge in [-0.05, 0) is 5.92 Å². The molecule has 2 atom stereocenters. The first kappa shape index (κ1) is 8.02. The Morgan fingerprint density at radius 3 is 2.12 bits per heavy atom. The summed E-state index contributed by atoms with van der Waals surface area (Å²) in [5.74, 6) is 1.49. The average Bonchev–Trinajstić information content (AvgIpc) is 1.84. The van der Waals surface area contributed by atoms with E-state index >= 15 is 0 Å². The van der Waals surface area contributed by atoms with Crippen LogP contribution in [0.3, 0.4) is 0 Å². The molecule has 0 heterocycles. The maximum atomic E-state index is 5.45. The molecular formula is C6H16BN. The topological polar surface area (TPSA) is 26.0 Å². The van der Waals surface area contributed by atoms with Crippen molar-refractivity contribution < 1.29 is 0 Å². The molecule has 0 aliphatic rings. The first-order valence-corrected chi connectivity index (χ1v) is 3.42. The van der Waals surface area contributed by atoms with Crippen LogP contribution in [0.1, 0.15) is 27.2 Å². The predicted molar refractivity (Wildman–Crippen MR) is 40.2 cm³/mol. The van der Waals surface area contributed by atoms with Gasteiger partial charge in [0.1, 0.15) is 0 Å². The van der Waals surface area contributed by atoms with Gasteiger partial charge in [0.25, 0.3) is 0 Å². The van der Waals surface area contributed by atoms with Crippen molar-refractivity contribution in [2.24, 2.45) is 11.6 Å². The molecule has 0 radical (unpaired) electrons. The van der Waals surface area contributed by atoms with Gasteiger partial charge in [-0.25, -0.2) is 0 Å². The number of hydrogen-bond acceptors (Lipinski definition) is 1. The molecule has 0 aliphatic heterocycles. The molecular weight excluding hydrogens is 96.9 g/mol. The average molecular weight is 113 g/mol. The highest BCUT2D eigenvalue weighted by molar-refractivity contribution is 6.33. The van der Waals surface area contributed by atoms with Gasteiger partial charge >= 0.3 is 0 Å². The molecule has 0 aromatic rings.